The maximum Gasteiger partial charge on any atom is 0.159 e. The maximum absolute atomic E-state index is 13.2. The second kappa shape index (κ2) is 6.45. The highest BCUT2D eigenvalue weighted by atomic mass is 35.5. The van der Waals surface area contributed by atoms with Crippen molar-refractivity contribution < 1.29 is 8.78 Å². The lowest BCUT2D eigenvalue weighted by Crippen LogP contribution is -2.40. The van der Waals surface area contributed by atoms with Crippen molar-refractivity contribution in [2.45, 2.75) is 31.8 Å². The van der Waals surface area contributed by atoms with Gasteiger partial charge in [0.1, 0.15) is 0 Å². The molecule has 1 saturated heterocycles. The van der Waals surface area contributed by atoms with Gasteiger partial charge < -0.3 is 5.73 Å². The minimum atomic E-state index is -0.790. The van der Waals surface area contributed by atoms with E-state index < -0.39 is 11.6 Å². The Balaban J connectivity index is 0.00000162. The summed E-state index contributed by atoms with van der Waals surface area (Å²) in [4.78, 5) is 2.26. The average molecular weight is 277 g/mol. The van der Waals surface area contributed by atoms with Crippen molar-refractivity contribution in [1.82, 2.24) is 4.90 Å². The zero-order valence-corrected chi connectivity index (χ0v) is 11.2. The van der Waals surface area contributed by atoms with Crippen LogP contribution >= 0.6 is 12.4 Å². The smallest absolute Gasteiger partial charge is 0.159 e. The molecule has 1 aliphatic heterocycles. The molecule has 1 fully saturated rings. The molecule has 0 aromatic heterocycles. The zero-order chi connectivity index (χ0) is 12.4. The van der Waals surface area contributed by atoms with Gasteiger partial charge in [0.15, 0.2) is 11.6 Å². The minimum Gasteiger partial charge on any atom is -0.328 e. The van der Waals surface area contributed by atoms with Gasteiger partial charge >= 0.3 is 0 Å². The Hall–Kier alpha value is -0.710. The molecule has 0 spiro atoms. The normalized spacial score (nSPS) is 19.3. The lowest BCUT2D eigenvalue weighted by molar-refractivity contribution is 0.163. The number of piperidine rings is 1. The minimum absolute atomic E-state index is 0. The van der Waals surface area contributed by atoms with Gasteiger partial charge in [-0.2, -0.15) is 0 Å². The van der Waals surface area contributed by atoms with Crippen LogP contribution in [0.15, 0.2) is 18.2 Å². The van der Waals surface area contributed by atoms with Gasteiger partial charge in [-0.15, -0.1) is 12.4 Å². The molecule has 0 aliphatic carbocycles. The highest BCUT2D eigenvalue weighted by molar-refractivity contribution is 5.85. The first kappa shape index (κ1) is 15.3. The van der Waals surface area contributed by atoms with E-state index in [1.807, 2.05) is 6.92 Å². The lowest BCUT2D eigenvalue weighted by atomic mass is 10.0. The maximum atomic E-state index is 13.2. The van der Waals surface area contributed by atoms with E-state index in [-0.39, 0.29) is 24.5 Å². The number of benzene rings is 1. The topological polar surface area (TPSA) is 29.3 Å². The van der Waals surface area contributed by atoms with Crippen LogP contribution < -0.4 is 5.73 Å². The van der Waals surface area contributed by atoms with Gasteiger partial charge in [-0.05, 0) is 37.5 Å². The van der Waals surface area contributed by atoms with Crippen LogP contribution in [0.2, 0.25) is 0 Å². The average Bonchev–Trinajstić information content (AvgIpc) is 2.33. The molecule has 2 rings (SSSR count). The number of hydrogen-bond donors (Lipinski definition) is 1. The quantitative estimate of drug-likeness (QED) is 0.900. The number of nitrogens with zero attached hydrogens (tertiary/aromatic N) is 1. The molecule has 0 saturated carbocycles. The predicted octanol–water partition coefficient (Wildman–Crippen LogP) is 2.87. The van der Waals surface area contributed by atoms with Gasteiger partial charge in [-0.1, -0.05) is 6.07 Å². The van der Waals surface area contributed by atoms with Crippen LogP contribution in [-0.4, -0.2) is 24.0 Å². The third kappa shape index (κ3) is 3.40. The fraction of sp³-hybridized carbons (Fsp3) is 0.538. The van der Waals surface area contributed by atoms with Crippen molar-refractivity contribution in [3.63, 3.8) is 0 Å². The third-order valence-electron chi connectivity index (χ3n) is 3.55. The summed E-state index contributed by atoms with van der Waals surface area (Å²) in [5.74, 6) is -1.57. The molecule has 1 heterocycles. The highest BCUT2D eigenvalue weighted by Crippen LogP contribution is 2.24. The zero-order valence-electron chi connectivity index (χ0n) is 10.4. The van der Waals surface area contributed by atoms with Gasteiger partial charge in [0.25, 0.3) is 0 Å². The fourth-order valence-corrected chi connectivity index (χ4v) is 2.29. The van der Waals surface area contributed by atoms with Gasteiger partial charge in [0.2, 0.25) is 0 Å². The summed E-state index contributed by atoms with van der Waals surface area (Å²) in [5, 5.41) is 0. The van der Waals surface area contributed by atoms with Crippen molar-refractivity contribution in [2.75, 3.05) is 13.1 Å². The van der Waals surface area contributed by atoms with Crippen molar-refractivity contribution in [3.05, 3.63) is 35.4 Å². The first-order valence-corrected chi connectivity index (χ1v) is 6.02. The second-order valence-electron chi connectivity index (χ2n) is 4.72. The SMILES string of the molecule is CC(c1ccc(F)c(F)c1)N1CCC(N)CC1.Cl. The van der Waals surface area contributed by atoms with E-state index in [9.17, 15) is 8.78 Å². The number of hydrogen-bond acceptors (Lipinski definition) is 2. The monoisotopic (exact) mass is 276 g/mol. The highest BCUT2D eigenvalue weighted by Gasteiger charge is 2.22. The summed E-state index contributed by atoms with van der Waals surface area (Å²) in [7, 11) is 0. The van der Waals surface area contributed by atoms with Crippen molar-refractivity contribution in [3.8, 4) is 0 Å². The largest absolute Gasteiger partial charge is 0.328 e. The van der Waals surface area contributed by atoms with E-state index in [0.29, 0.717) is 0 Å². The number of likely N-dealkylation sites (tertiary alicyclic amines) is 1. The number of nitrogens with two attached hydrogens (primary N) is 1. The molecule has 0 amide bonds. The molecule has 1 aromatic rings. The Labute approximate surface area is 113 Å². The standard InChI is InChI=1S/C13H18F2N2.ClH/c1-9(17-6-4-11(16)5-7-17)10-2-3-12(14)13(15)8-10;/h2-3,8-9,11H,4-7,16H2,1H3;1H. The first-order chi connectivity index (χ1) is 8.08. The first-order valence-electron chi connectivity index (χ1n) is 6.02. The third-order valence-corrected chi connectivity index (χ3v) is 3.55. The molecule has 1 atom stereocenters. The van der Waals surface area contributed by atoms with Crippen LogP contribution in [0.3, 0.4) is 0 Å². The van der Waals surface area contributed by atoms with Crippen LogP contribution in [0.25, 0.3) is 0 Å². The molecule has 1 unspecified atom stereocenters. The van der Waals surface area contributed by atoms with Gasteiger partial charge in [0.05, 0.1) is 0 Å². The number of halogens is 3. The summed E-state index contributed by atoms with van der Waals surface area (Å²) < 4.78 is 26.0. The van der Waals surface area contributed by atoms with Crippen LogP contribution in [0, 0.1) is 11.6 Å². The van der Waals surface area contributed by atoms with E-state index in [1.165, 1.54) is 12.1 Å². The van der Waals surface area contributed by atoms with Gasteiger partial charge in [-0.3, -0.25) is 4.90 Å². The van der Waals surface area contributed by atoms with Crippen LogP contribution in [0.1, 0.15) is 31.4 Å². The summed E-state index contributed by atoms with van der Waals surface area (Å²) in [6, 6.07) is 4.52. The van der Waals surface area contributed by atoms with E-state index >= 15 is 0 Å². The fourth-order valence-electron chi connectivity index (χ4n) is 2.29. The summed E-state index contributed by atoms with van der Waals surface area (Å²) in [6.45, 7) is 3.85. The van der Waals surface area contributed by atoms with E-state index in [1.54, 1.807) is 6.07 Å². The number of rotatable bonds is 2. The second-order valence-corrected chi connectivity index (χ2v) is 4.72. The molecule has 1 aromatic carbocycles. The molecule has 5 heteroatoms. The molecule has 0 radical (unpaired) electrons. The van der Waals surface area contributed by atoms with Gasteiger partial charge in [-0.25, -0.2) is 8.78 Å². The summed E-state index contributed by atoms with van der Waals surface area (Å²) in [6.07, 6.45) is 1.93. The Bertz CT molecular complexity index is 393. The molecule has 2 N–H and O–H groups in total. The Morgan fingerprint density at radius 2 is 1.83 bits per heavy atom. The van der Waals surface area contributed by atoms with Crippen molar-refractivity contribution in [1.29, 1.82) is 0 Å². The van der Waals surface area contributed by atoms with E-state index in [2.05, 4.69) is 4.90 Å². The summed E-state index contributed by atoms with van der Waals surface area (Å²) in [5.41, 5.74) is 6.66. The Kier molecular flexibility index (Phi) is 5.50. The Morgan fingerprint density at radius 1 is 1.22 bits per heavy atom. The van der Waals surface area contributed by atoms with Crippen LogP contribution in [0.5, 0.6) is 0 Å². The lowest BCUT2D eigenvalue weighted by Gasteiger charge is -2.35. The molecule has 1 aliphatic rings. The molecular formula is C13H19ClF2N2. The van der Waals surface area contributed by atoms with E-state index in [4.69, 9.17) is 5.73 Å². The molecule has 18 heavy (non-hydrogen) atoms. The van der Waals surface area contributed by atoms with Crippen LogP contribution in [0.4, 0.5) is 8.78 Å². The van der Waals surface area contributed by atoms with Gasteiger partial charge in [0, 0.05) is 25.2 Å². The van der Waals surface area contributed by atoms with E-state index in [0.717, 1.165) is 31.5 Å². The van der Waals surface area contributed by atoms with Crippen molar-refractivity contribution in [2.24, 2.45) is 5.73 Å². The molecule has 0 bridgehead atoms. The Morgan fingerprint density at radius 3 is 2.39 bits per heavy atom. The molecular weight excluding hydrogens is 258 g/mol. The summed E-state index contributed by atoms with van der Waals surface area (Å²) >= 11 is 0. The van der Waals surface area contributed by atoms with Crippen molar-refractivity contribution >= 4 is 12.4 Å². The molecule has 102 valence electrons. The predicted molar refractivity (Wildman–Crippen MR) is 70.8 cm³/mol. The molecule has 2 nitrogen and oxygen atoms in total. The van der Waals surface area contributed by atoms with Crippen LogP contribution in [-0.2, 0) is 0 Å².